The van der Waals surface area contributed by atoms with Crippen molar-refractivity contribution >= 4 is 29.1 Å². The lowest BCUT2D eigenvalue weighted by Gasteiger charge is -2.25. The number of aryl methyl sites for hydroxylation is 1. The van der Waals surface area contributed by atoms with E-state index < -0.39 is 0 Å². The molecule has 1 heterocycles. The van der Waals surface area contributed by atoms with E-state index in [1.165, 1.54) is 6.42 Å². The van der Waals surface area contributed by atoms with Crippen LogP contribution in [0.3, 0.4) is 0 Å². The van der Waals surface area contributed by atoms with E-state index in [-0.39, 0.29) is 6.10 Å². The van der Waals surface area contributed by atoms with E-state index >= 15 is 0 Å². The summed E-state index contributed by atoms with van der Waals surface area (Å²) in [6.45, 7) is 12.2. The predicted octanol–water partition coefficient (Wildman–Crippen LogP) is 5.32. The Bertz CT molecular complexity index is 629. The average molecular weight is 350 g/mol. The fourth-order valence-electron chi connectivity index (χ4n) is 3.66. The third kappa shape index (κ3) is 4.29. The number of ether oxygens (including phenoxy) is 1. The van der Waals surface area contributed by atoms with Gasteiger partial charge in [-0.15, -0.1) is 6.58 Å². The summed E-state index contributed by atoms with van der Waals surface area (Å²) >= 11 is 5.98. The fourth-order valence-corrected chi connectivity index (χ4v) is 3.86. The first-order valence-corrected chi connectivity index (χ1v) is 8.96. The molecule has 2 N–H and O–H groups in total. The lowest BCUT2D eigenvalue weighted by Crippen LogP contribution is -2.24. The van der Waals surface area contributed by atoms with Crippen molar-refractivity contribution in [3.8, 4) is 0 Å². The maximum Gasteiger partial charge on any atom is 0.186 e. The molecule has 24 heavy (non-hydrogen) atoms. The standard InChI is InChI=1S/C19H28ClN3O/c1-6-7-11(2)15-8-9-17(13(15)4)24-14(5)22-19-12(3)10-16(20)18(21)23-19/h6,10-11,13,15,17H,1,7-9H2,2-5H3,(H2,21,23)/b22-14+. The number of allylic oxidation sites excluding steroid dienone is 1. The van der Waals surface area contributed by atoms with Gasteiger partial charge in [-0.25, -0.2) is 4.98 Å². The molecule has 4 atom stereocenters. The maximum atomic E-state index is 6.12. The summed E-state index contributed by atoms with van der Waals surface area (Å²) in [6.07, 6.45) is 5.53. The molecule has 4 nitrogen and oxygen atoms in total. The van der Waals surface area contributed by atoms with Gasteiger partial charge in [0.05, 0.1) is 5.02 Å². The minimum atomic E-state index is 0.205. The second-order valence-electron chi connectivity index (χ2n) is 6.89. The summed E-state index contributed by atoms with van der Waals surface area (Å²) in [5, 5.41) is 0.452. The van der Waals surface area contributed by atoms with Crippen molar-refractivity contribution in [2.75, 3.05) is 5.73 Å². The Hall–Kier alpha value is -1.55. The lowest BCUT2D eigenvalue weighted by molar-refractivity contribution is 0.127. The number of nitrogens with zero attached hydrogens (tertiary/aromatic N) is 2. The SMILES string of the molecule is C=CCC(C)C1CCC(O/C(C)=N/c2nc(N)c(Cl)cc2C)C1C. The number of hydrogen-bond acceptors (Lipinski definition) is 4. The highest BCUT2D eigenvalue weighted by Crippen LogP contribution is 2.40. The highest BCUT2D eigenvalue weighted by Gasteiger charge is 2.37. The van der Waals surface area contributed by atoms with E-state index in [9.17, 15) is 0 Å². The van der Waals surface area contributed by atoms with Crippen molar-refractivity contribution in [1.29, 1.82) is 0 Å². The van der Waals surface area contributed by atoms with Crippen LogP contribution in [0.2, 0.25) is 5.02 Å². The van der Waals surface area contributed by atoms with Crippen molar-refractivity contribution in [1.82, 2.24) is 4.98 Å². The topological polar surface area (TPSA) is 60.5 Å². The number of nitrogen functional groups attached to an aromatic ring is 1. The molecule has 2 rings (SSSR count). The summed E-state index contributed by atoms with van der Waals surface area (Å²) < 4.78 is 6.12. The largest absolute Gasteiger partial charge is 0.477 e. The van der Waals surface area contributed by atoms with Crippen molar-refractivity contribution in [2.24, 2.45) is 22.7 Å². The van der Waals surface area contributed by atoms with Gasteiger partial charge in [0.2, 0.25) is 0 Å². The van der Waals surface area contributed by atoms with Gasteiger partial charge in [-0.2, -0.15) is 4.99 Å². The summed E-state index contributed by atoms with van der Waals surface area (Å²) in [5.74, 6) is 3.31. The van der Waals surface area contributed by atoms with Crippen LogP contribution in [-0.2, 0) is 4.74 Å². The zero-order valence-electron chi connectivity index (χ0n) is 15.1. The van der Waals surface area contributed by atoms with E-state index in [0.29, 0.717) is 40.3 Å². The molecule has 4 unspecified atom stereocenters. The Labute approximate surface area is 150 Å². The third-order valence-electron chi connectivity index (χ3n) is 5.07. The van der Waals surface area contributed by atoms with Crippen LogP contribution in [0.5, 0.6) is 0 Å². The highest BCUT2D eigenvalue weighted by atomic mass is 35.5. The Balaban J connectivity index is 2.06. The van der Waals surface area contributed by atoms with E-state index in [2.05, 4.69) is 30.4 Å². The van der Waals surface area contributed by atoms with E-state index in [0.717, 1.165) is 18.4 Å². The zero-order chi connectivity index (χ0) is 17.9. The van der Waals surface area contributed by atoms with Crippen LogP contribution in [0.1, 0.15) is 45.6 Å². The molecule has 1 aliphatic carbocycles. The molecule has 1 fully saturated rings. The predicted molar refractivity (Wildman–Crippen MR) is 102 cm³/mol. The van der Waals surface area contributed by atoms with Gasteiger partial charge in [-0.3, -0.25) is 0 Å². The molecule has 5 heteroatoms. The first-order valence-electron chi connectivity index (χ1n) is 8.59. The Morgan fingerprint density at radius 1 is 1.58 bits per heavy atom. The summed E-state index contributed by atoms with van der Waals surface area (Å²) in [7, 11) is 0. The molecule has 0 amide bonds. The molecule has 1 saturated carbocycles. The Kier molecular flexibility index (Phi) is 6.27. The molecular formula is C19H28ClN3O. The van der Waals surface area contributed by atoms with Crippen molar-refractivity contribution in [2.45, 2.75) is 53.1 Å². The lowest BCUT2D eigenvalue weighted by atomic mass is 9.83. The molecule has 1 aromatic rings. The van der Waals surface area contributed by atoms with Gasteiger partial charge in [0, 0.05) is 6.92 Å². The molecule has 132 valence electrons. The molecule has 0 spiro atoms. The summed E-state index contributed by atoms with van der Waals surface area (Å²) in [5.41, 5.74) is 6.65. The van der Waals surface area contributed by atoms with Crippen LogP contribution >= 0.6 is 11.6 Å². The molecule has 0 aliphatic heterocycles. The number of pyridine rings is 1. The van der Waals surface area contributed by atoms with Crippen molar-refractivity contribution in [3.63, 3.8) is 0 Å². The third-order valence-corrected chi connectivity index (χ3v) is 5.37. The van der Waals surface area contributed by atoms with Gasteiger partial charge < -0.3 is 10.5 Å². The number of aliphatic imine (C=N–C) groups is 1. The molecule has 1 aliphatic rings. The minimum Gasteiger partial charge on any atom is -0.477 e. The number of anilines is 1. The molecule has 0 aromatic carbocycles. The van der Waals surface area contributed by atoms with Crippen LogP contribution in [0.4, 0.5) is 11.6 Å². The quantitative estimate of drug-likeness (QED) is 0.444. The first kappa shape index (κ1) is 18.8. The van der Waals surface area contributed by atoms with Gasteiger partial charge in [0.1, 0.15) is 11.9 Å². The Morgan fingerprint density at radius 2 is 2.29 bits per heavy atom. The van der Waals surface area contributed by atoms with Crippen LogP contribution in [0.15, 0.2) is 23.7 Å². The number of hydrogen-bond donors (Lipinski definition) is 1. The van der Waals surface area contributed by atoms with Crippen LogP contribution in [0.25, 0.3) is 0 Å². The normalized spacial score (nSPS) is 25.5. The van der Waals surface area contributed by atoms with E-state index in [4.69, 9.17) is 22.1 Å². The maximum absolute atomic E-state index is 6.12. The number of halogens is 1. The minimum absolute atomic E-state index is 0.205. The second kappa shape index (κ2) is 8.02. The van der Waals surface area contributed by atoms with Crippen LogP contribution in [-0.4, -0.2) is 17.0 Å². The second-order valence-corrected chi connectivity index (χ2v) is 7.29. The monoisotopic (exact) mass is 349 g/mol. The highest BCUT2D eigenvalue weighted by molar-refractivity contribution is 6.32. The molecule has 1 aromatic heterocycles. The number of nitrogens with two attached hydrogens (primary N) is 1. The van der Waals surface area contributed by atoms with Gasteiger partial charge in [-0.05, 0) is 55.6 Å². The van der Waals surface area contributed by atoms with Gasteiger partial charge in [0.25, 0.3) is 0 Å². The van der Waals surface area contributed by atoms with Crippen molar-refractivity contribution < 1.29 is 4.74 Å². The average Bonchev–Trinajstić information content (AvgIpc) is 2.86. The van der Waals surface area contributed by atoms with Gasteiger partial charge >= 0.3 is 0 Å². The zero-order valence-corrected chi connectivity index (χ0v) is 15.8. The van der Waals surface area contributed by atoms with Crippen LogP contribution in [0, 0.1) is 24.7 Å². The summed E-state index contributed by atoms with van der Waals surface area (Å²) in [6, 6.07) is 1.78. The van der Waals surface area contributed by atoms with Crippen LogP contribution < -0.4 is 5.73 Å². The smallest absolute Gasteiger partial charge is 0.186 e. The molecular weight excluding hydrogens is 322 g/mol. The molecule has 0 bridgehead atoms. The summed E-state index contributed by atoms with van der Waals surface area (Å²) in [4.78, 5) is 8.73. The molecule has 0 radical (unpaired) electrons. The Morgan fingerprint density at radius 3 is 2.96 bits per heavy atom. The van der Waals surface area contributed by atoms with E-state index in [1.807, 2.05) is 19.9 Å². The molecule has 0 saturated heterocycles. The number of rotatable bonds is 5. The fraction of sp³-hybridized carbons (Fsp3) is 0.579. The van der Waals surface area contributed by atoms with Gasteiger partial charge in [-0.1, -0.05) is 31.5 Å². The number of aromatic nitrogens is 1. The van der Waals surface area contributed by atoms with Crippen molar-refractivity contribution in [3.05, 3.63) is 29.3 Å². The van der Waals surface area contributed by atoms with Gasteiger partial charge in [0.15, 0.2) is 11.7 Å². The first-order chi connectivity index (χ1) is 11.3. The van der Waals surface area contributed by atoms with E-state index in [1.54, 1.807) is 6.07 Å².